The smallest absolute Gasteiger partial charge is 0.267 e. The van der Waals surface area contributed by atoms with Crippen molar-refractivity contribution in [1.82, 2.24) is 4.98 Å². The molecule has 1 heterocycles. The summed E-state index contributed by atoms with van der Waals surface area (Å²) in [6.45, 7) is 0. The van der Waals surface area contributed by atoms with Crippen molar-refractivity contribution in [3.8, 4) is 11.8 Å². The van der Waals surface area contributed by atoms with Gasteiger partial charge in [-0.05, 0) is 6.07 Å². The van der Waals surface area contributed by atoms with Crippen LogP contribution >= 0.6 is 15.9 Å². The molecule has 0 unspecified atom stereocenters. The van der Waals surface area contributed by atoms with E-state index in [2.05, 4.69) is 20.9 Å². The second-order valence-corrected chi connectivity index (χ2v) is 3.19. The van der Waals surface area contributed by atoms with Gasteiger partial charge in [0.2, 0.25) is 0 Å². The van der Waals surface area contributed by atoms with Crippen LogP contribution in [0.3, 0.4) is 0 Å². The predicted molar refractivity (Wildman–Crippen MR) is 53.1 cm³/mol. The Morgan fingerprint density at radius 3 is 2.73 bits per heavy atom. The summed E-state index contributed by atoms with van der Waals surface area (Å²) in [5.74, 6) is -0.155. The average molecular weight is 277 g/mol. The van der Waals surface area contributed by atoms with Crippen molar-refractivity contribution in [2.45, 2.75) is 11.8 Å². The number of methoxy groups -OCH3 is 1. The standard InChI is InChI=1S/C9H7BrF2N2O/c1-15-8-6(9(11)12)2-5(3-10)14-7(8)4-13/h2,9H,3H2,1H3. The Hall–Kier alpha value is -1.22. The molecule has 0 aliphatic rings. The van der Waals surface area contributed by atoms with E-state index in [-0.39, 0.29) is 17.0 Å². The van der Waals surface area contributed by atoms with Crippen molar-refractivity contribution >= 4 is 15.9 Å². The zero-order chi connectivity index (χ0) is 11.4. The zero-order valence-electron chi connectivity index (χ0n) is 7.80. The van der Waals surface area contributed by atoms with Gasteiger partial charge in [-0.15, -0.1) is 0 Å². The van der Waals surface area contributed by atoms with Crippen LogP contribution in [-0.4, -0.2) is 12.1 Å². The van der Waals surface area contributed by atoms with Crippen molar-refractivity contribution in [3.05, 3.63) is 23.0 Å². The third kappa shape index (κ3) is 2.42. The highest BCUT2D eigenvalue weighted by Crippen LogP contribution is 2.31. The van der Waals surface area contributed by atoms with Crippen LogP contribution in [0.4, 0.5) is 8.78 Å². The lowest BCUT2D eigenvalue weighted by Crippen LogP contribution is -2.01. The lowest BCUT2D eigenvalue weighted by atomic mass is 10.2. The first-order chi connectivity index (χ1) is 7.13. The monoisotopic (exact) mass is 276 g/mol. The molecule has 0 N–H and O–H groups in total. The number of alkyl halides is 3. The highest BCUT2D eigenvalue weighted by Gasteiger charge is 2.19. The summed E-state index contributed by atoms with van der Waals surface area (Å²) in [5.41, 5.74) is -0.0501. The van der Waals surface area contributed by atoms with E-state index >= 15 is 0 Å². The number of hydrogen-bond donors (Lipinski definition) is 0. The number of rotatable bonds is 3. The van der Waals surface area contributed by atoms with Gasteiger partial charge >= 0.3 is 0 Å². The number of nitrogens with zero attached hydrogens (tertiary/aromatic N) is 2. The minimum absolute atomic E-state index is 0.121. The molecule has 0 radical (unpaired) electrons. The third-order valence-corrected chi connectivity index (χ3v) is 2.31. The molecule has 0 spiro atoms. The van der Waals surface area contributed by atoms with Crippen LogP contribution in [0, 0.1) is 11.3 Å². The van der Waals surface area contributed by atoms with Crippen molar-refractivity contribution < 1.29 is 13.5 Å². The molecule has 0 aromatic carbocycles. The molecule has 0 aliphatic carbocycles. The van der Waals surface area contributed by atoms with Gasteiger partial charge in [-0.1, -0.05) is 15.9 Å². The molecular formula is C9H7BrF2N2O. The number of hydrogen-bond acceptors (Lipinski definition) is 3. The van der Waals surface area contributed by atoms with E-state index in [1.807, 2.05) is 0 Å². The maximum atomic E-state index is 12.6. The van der Waals surface area contributed by atoms with Gasteiger partial charge < -0.3 is 4.74 Å². The van der Waals surface area contributed by atoms with Gasteiger partial charge in [0.1, 0.15) is 6.07 Å². The van der Waals surface area contributed by atoms with Crippen LogP contribution in [0.2, 0.25) is 0 Å². The van der Waals surface area contributed by atoms with Crippen molar-refractivity contribution in [2.75, 3.05) is 7.11 Å². The number of ether oxygens (including phenoxy) is 1. The Morgan fingerprint density at radius 2 is 2.33 bits per heavy atom. The fourth-order valence-electron chi connectivity index (χ4n) is 1.13. The average Bonchev–Trinajstić information content (AvgIpc) is 2.26. The molecule has 1 aromatic heterocycles. The van der Waals surface area contributed by atoms with E-state index < -0.39 is 6.43 Å². The van der Waals surface area contributed by atoms with Crippen molar-refractivity contribution in [1.29, 1.82) is 5.26 Å². The molecule has 0 fully saturated rings. The summed E-state index contributed by atoms with van der Waals surface area (Å²) < 4.78 is 30.0. The summed E-state index contributed by atoms with van der Waals surface area (Å²) in [5, 5.41) is 9.03. The maximum Gasteiger partial charge on any atom is 0.267 e. The molecule has 1 aromatic rings. The Morgan fingerprint density at radius 1 is 1.67 bits per heavy atom. The molecule has 0 atom stereocenters. The Bertz CT molecular complexity index is 404. The van der Waals surface area contributed by atoms with Crippen LogP contribution in [0.25, 0.3) is 0 Å². The molecule has 0 saturated heterocycles. The minimum atomic E-state index is -2.69. The normalized spacial score (nSPS) is 10.1. The molecule has 1 rings (SSSR count). The van der Waals surface area contributed by atoms with Gasteiger partial charge in [0.15, 0.2) is 11.4 Å². The summed E-state index contributed by atoms with van der Waals surface area (Å²) in [4.78, 5) is 3.86. The summed E-state index contributed by atoms with van der Waals surface area (Å²) in [6, 6.07) is 2.95. The minimum Gasteiger partial charge on any atom is -0.493 e. The Kier molecular flexibility index (Phi) is 3.97. The molecule has 3 nitrogen and oxygen atoms in total. The SMILES string of the molecule is COc1c(C(F)F)cc(CBr)nc1C#N. The molecule has 0 saturated carbocycles. The van der Waals surface area contributed by atoms with Gasteiger partial charge in [-0.2, -0.15) is 5.26 Å². The van der Waals surface area contributed by atoms with E-state index in [1.54, 1.807) is 6.07 Å². The number of pyridine rings is 1. The number of aromatic nitrogens is 1. The van der Waals surface area contributed by atoms with E-state index in [0.717, 1.165) is 0 Å². The van der Waals surface area contributed by atoms with Crippen molar-refractivity contribution in [2.24, 2.45) is 0 Å². The van der Waals surface area contributed by atoms with Gasteiger partial charge in [-0.3, -0.25) is 0 Å². The Labute approximate surface area is 93.8 Å². The molecule has 0 amide bonds. The zero-order valence-corrected chi connectivity index (χ0v) is 9.38. The third-order valence-electron chi connectivity index (χ3n) is 1.74. The van der Waals surface area contributed by atoms with E-state index in [4.69, 9.17) is 10.00 Å². The topological polar surface area (TPSA) is 45.9 Å². The predicted octanol–water partition coefficient (Wildman–Crippen LogP) is 2.79. The molecular weight excluding hydrogens is 270 g/mol. The van der Waals surface area contributed by atoms with Crippen LogP contribution in [-0.2, 0) is 5.33 Å². The first-order valence-corrected chi connectivity index (χ1v) is 5.08. The number of halogens is 3. The Balaban J connectivity index is 3.41. The van der Waals surface area contributed by atoms with Crippen LogP contribution < -0.4 is 4.74 Å². The lowest BCUT2D eigenvalue weighted by molar-refractivity contribution is 0.146. The van der Waals surface area contributed by atoms with E-state index in [0.29, 0.717) is 11.0 Å². The highest BCUT2D eigenvalue weighted by atomic mass is 79.9. The largest absolute Gasteiger partial charge is 0.493 e. The summed E-state index contributed by atoms with van der Waals surface area (Å²) in [7, 11) is 1.23. The molecule has 15 heavy (non-hydrogen) atoms. The fraction of sp³-hybridized carbons (Fsp3) is 0.333. The first-order valence-electron chi connectivity index (χ1n) is 3.96. The van der Waals surface area contributed by atoms with Crippen molar-refractivity contribution in [3.63, 3.8) is 0 Å². The number of nitriles is 1. The van der Waals surface area contributed by atoms with E-state index in [1.165, 1.54) is 13.2 Å². The first kappa shape index (κ1) is 11.9. The molecule has 0 bridgehead atoms. The van der Waals surface area contributed by atoms with Crippen LogP contribution in [0.1, 0.15) is 23.4 Å². The summed E-state index contributed by atoms with van der Waals surface area (Å²) >= 11 is 3.09. The molecule has 0 aliphatic heterocycles. The molecule has 80 valence electrons. The van der Waals surface area contributed by atoms with E-state index in [9.17, 15) is 8.78 Å². The molecule has 6 heteroatoms. The maximum absolute atomic E-state index is 12.6. The van der Waals surface area contributed by atoms with Crippen LogP contribution in [0.15, 0.2) is 6.07 Å². The fourth-order valence-corrected chi connectivity index (χ4v) is 1.42. The second-order valence-electron chi connectivity index (χ2n) is 2.63. The van der Waals surface area contributed by atoms with Gasteiger partial charge in [0.05, 0.1) is 18.4 Å². The lowest BCUT2D eigenvalue weighted by Gasteiger charge is -2.10. The van der Waals surface area contributed by atoms with Gasteiger partial charge in [0, 0.05) is 5.33 Å². The summed E-state index contributed by atoms with van der Waals surface area (Å²) in [6.07, 6.45) is -2.69. The highest BCUT2D eigenvalue weighted by molar-refractivity contribution is 9.08. The quantitative estimate of drug-likeness (QED) is 0.798. The van der Waals surface area contributed by atoms with Gasteiger partial charge in [-0.25, -0.2) is 13.8 Å². The second kappa shape index (κ2) is 5.03. The van der Waals surface area contributed by atoms with Crippen LogP contribution in [0.5, 0.6) is 5.75 Å². The van der Waals surface area contributed by atoms with Gasteiger partial charge in [0.25, 0.3) is 6.43 Å².